The predicted octanol–water partition coefficient (Wildman–Crippen LogP) is 0.402. The molecule has 0 saturated heterocycles. The molecule has 0 bridgehead atoms. The minimum absolute atomic E-state index is 0.182. The van der Waals surface area contributed by atoms with Gasteiger partial charge in [0.25, 0.3) is 5.56 Å². The topological polar surface area (TPSA) is 78.7 Å². The van der Waals surface area contributed by atoms with Crippen LogP contribution in [-0.4, -0.2) is 19.6 Å². The Labute approximate surface area is 96.3 Å². The standard InChI is InChI=1S/C11H11N5O/c1-15-10-6(4-3-5-7(10)12)8-9(11(15)17)14-16(2)13-8/h3-5H,12H2,1-2H3. The highest BCUT2D eigenvalue weighted by atomic mass is 16.1. The molecule has 2 N–H and O–H groups in total. The van der Waals surface area contributed by atoms with Gasteiger partial charge in [0.15, 0.2) is 5.52 Å². The third-order valence-electron chi connectivity index (χ3n) is 2.88. The van der Waals surface area contributed by atoms with Crippen molar-refractivity contribution in [3.8, 4) is 0 Å². The van der Waals surface area contributed by atoms with Gasteiger partial charge in [0.1, 0.15) is 5.52 Å². The highest BCUT2D eigenvalue weighted by molar-refractivity contribution is 6.05. The number of aryl methyl sites for hydroxylation is 2. The number of nitrogens with zero attached hydrogens (tertiary/aromatic N) is 4. The Kier molecular flexibility index (Phi) is 1.77. The van der Waals surface area contributed by atoms with Gasteiger partial charge in [0, 0.05) is 19.5 Å². The molecule has 3 aromatic rings. The first-order valence-electron chi connectivity index (χ1n) is 5.18. The summed E-state index contributed by atoms with van der Waals surface area (Å²) in [6.45, 7) is 0. The maximum atomic E-state index is 12.1. The van der Waals surface area contributed by atoms with Crippen molar-refractivity contribution < 1.29 is 0 Å². The van der Waals surface area contributed by atoms with Crippen LogP contribution in [0.1, 0.15) is 0 Å². The number of nitrogen functional groups attached to an aromatic ring is 1. The minimum atomic E-state index is -0.182. The van der Waals surface area contributed by atoms with Crippen molar-refractivity contribution in [3.05, 3.63) is 28.6 Å². The molecule has 86 valence electrons. The maximum absolute atomic E-state index is 12.1. The molecule has 0 amide bonds. The Hall–Kier alpha value is -2.37. The van der Waals surface area contributed by atoms with Crippen LogP contribution in [0, 0.1) is 0 Å². The van der Waals surface area contributed by atoms with Gasteiger partial charge in [-0.1, -0.05) is 12.1 Å². The zero-order valence-corrected chi connectivity index (χ0v) is 9.51. The second kappa shape index (κ2) is 3.07. The first-order chi connectivity index (χ1) is 8.09. The number of hydrogen-bond donors (Lipinski definition) is 1. The zero-order valence-electron chi connectivity index (χ0n) is 9.51. The number of anilines is 1. The van der Waals surface area contributed by atoms with E-state index in [1.807, 2.05) is 12.1 Å². The van der Waals surface area contributed by atoms with E-state index < -0.39 is 0 Å². The van der Waals surface area contributed by atoms with E-state index in [2.05, 4.69) is 10.2 Å². The number of nitrogens with two attached hydrogens (primary N) is 1. The first kappa shape index (κ1) is 9.83. The van der Waals surface area contributed by atoms with Gasteiger partial charge >= 0.3 is 0 Å². The van der Waals surface area contributed by atoms with Gasteiger partial charge < -0.3 is 10.3 Å². The molecule has 0 atom stereocenters. The van der Waals surface area contributed by atoms with E-state index in [-0.39, 0.29) is 5.56 Å². The smallest absolute Gasteiger partial charge is 0.280 e. The molecule has 2 heterocycles. The highest BCUT2D eigenvalue weighted by Gasteiger charge is 2.14. The van der Waals surface area contributed by atoms with E-state index in [9.17, 15) is 4.79 Å². The van der Waals surface area contributed by atoms with Gasteiger partial charge in [0.2, 0.25) is 0 Å². The number of rotatable bonds is 0. The lowest BCUT2D eigenvalue weighted by Gasteiger charge is -2.06. The zero-order chi connectivity index (χ0) is 12.2. The average Bonchev–Trinajstić information content (AvgIpc) is 2.68. The Bertz CT molecular complexity index is 799. The second-order valence-corrected chi connectivity index (χ2v) is 3.99. The van der Waals surface area contributed by atoms with Crippen LogP contribution in [0.5, 0.6) is 0 Å². The van der Waals surface area contributed by atoms with Crippen LogP contribution < -0.4 is 11.3 Å². The van der Waals surface area contributed by atoms with Gasteiger partial charge in [-0.25, -0.2) is 0 Å². The van der Waals surface area contributed by atoms with E-state index in [1.165, 1.54) is 9.36 Å². The summed E-state index contributed by atoms with van der Waals surface area (Å²) in [5.74, 6) is 0. The third kappa shape index (κ3) is 1.17. The van der Waals surface area contributed by atoms with Crippen LogP contribution in [-0.2, 0) is 14.1 Å². The lowest BCUT2D eigenvalue weighted by molar-refractivity contribution is 0.664. The number of pyridine rings is 1. The molecular formula is C11H11N5O. The van der Waals surface area contributed by atoms with Crippen LogP contribution in [0.25, 0.3) is 21.9 Å². The van der Waals surface area contributed by atoms with Crippen LogP contribution in [0.15, 0.2) is 23.0 Å². The number of aromatic nitrogens is 4. The van der Waals surface area contributed by atoms with Crippen molar-refractivity contribution in [1.29, 1.82) is 0 Å². The monoisotopic (exact) mass is 229 g/mol. The molecule has 2 aromatic heterocycles. The highest BCUT2D eigenvalue weighted by Crippen LogP contribution is 2.23. The molecule has 0 saturated carbocycles. The number of hydrogen-bond acceptors (Lipinski definition) is 4. The Morgan fingerprint density at radius 1 is 1.18 bits per heavy atom. The Balaban J connectivity index is 2.74. The fourth-order valence-corrected chi connectivity index (χ4v) is 2.12. The lowest BCUT2D eigenvalue weighted by Crippen LogP contribution is -2.18. The van der Waals surface area contributed by atoms with Crippen LogP contribution in [0.2, 0.25) is 0 Å². The molecule has 0 unspecified atom stereocenters. The quantitative estimate of drug-likeness (QED) is 0.566. The van der Waals surface area contributed by atoms with E-state index in [0.29, 0.717) is 22.2 Å². The van der Waals surface area contributed by atoms with Crippen molar-refractivity contribution in [1.82, 2.24) is 19.6 Å². The van der Waals surface area contributed by atoms with Crippen molar-refractivity contribution in [2.24, 2.45) is 14.1 Å². The molecule has 0 fully saturated rings. The van der Waals surface area contributed by atoms with Gasteiger partial charge in [-0.2, -0.15) is 9.90 Å². The fraction of sp³-hybridized carbons (Fsp3) is 0.182. The normalized spacial score (nSPS) is 11.4. The Morgan fingerprint density at radius 3 is 2.65 bits per heavy atom. The molecule has 6 heteroatoms. The fourth-order valence-electron chi connectivity index (χ4n) is 2.12. The third-order valence-corrected chi connectivity index (χ3v) is 2.88. The summed E-state index contributed by atoms with van der Waals surface area (Å²) < 4.78 is 1.52. The molecule has 0 radical (unpaired) electrons. The van der Waals surface area contributed by atoms with E-state index in [1.54, 1.807) is 20.2 Å². The van der Waals surface area contributed by atoms with Gasteiger partial charge in [0.05, 0.1) is 11.2 Å². The lowest BCUT2D eigenvalue weighted by atomic mass is 10.1. The van der Waals surface area contributed by atoms with Gasteiger partial charge in [-0.3, -0.25) is 4.79 Å². The molecule has 6 nitrogen and oxygen atoms in total. The summed E-state index contributed by atoms with van der Waals surface area (Å²) in [6.07, 6.45) is 0. The van der Waals surface area contributed by atoms with Crippen LogP contribution >= 0.6 is 0 Å². The van der Waals surface area contributed by atoms with Crippen molar-refractivity contribution in [2.75, 3.05) is 5.73 Å². The van der Waals surface area contributed by atoms with E-state index in [0.717, 1.165) is 5.39 Å². The van der Waals surface area contributed by atoms with E-state index >= 15 is 0 Å². The molecule has 3 rings (SSSR count). The molecule has 0 aliphatic heterocycles. The number of para-hydroxylation sites is 1. The van der Waals surface area contributed by atoms with Crippen molar-refractivity contribution >= 4 is 27.6 Å². The maximum Gasteiger partial charge on any atom is 0.280 e. The van der Waals surface area contributed by atoms with Gasteiger partial charge in [-0.05, 0) is 6.07 Å². The number of benzene rings is 1. The minimum Gasteiger partial charge on any atom is -0.397 e. The number of fused-ring (bicyclic) bond motifs is 3. The Morgan fingerprint density at radius 2 is 1.88 bits per heavy atom. The molecule has 0 aliphatic carbocycles. The summed E-state index contributed by atoms with van der Waals surface area (Å²) in [5, 5.41) is 9.15. The largest absolute Gasteiger partial charge is 0.397 e. The van der Waals surface area contributed by atoms with Crippen LogP contribution in [0.3, 0.4) is 0 Å². The molecular weight excluding hydrogens is 218 g/mol. The SMILES string of the molecule is Cn1nc2c(=O)n(C)c3c(N)cccc3c2n1. The molecule has 17 heavy (non-hydrogen) atoms. The van der Waals surface area contributed by atoms with Crippen molar-refractivity contribution in [3.63, 3.8) is 0 Å². The summed E-state index contributed by atoms with van der Waals surface area (Å²) in [5.41, 5.74) is 7.96. The summed E-state index contributed by atoms with van der Waals surface area (Å²) in [6, 6.07) is 5.50. The van der Waals surface area contributed by atoms with Crippen molar-refractivity contribution in [2.45, 2.75) is 0 Å². The van der Waals surface area contributed by atoms with Gasteiger partial charge in [-0.15, -0.1) is 5.10 Å². The van der Waals surface area contributed by atoms with Crippen LogP contribution in [0.4, 0.5) is 5.69 Å². The predicted molar refractivity (Wildman–Crippen MR) is 65.7 cm³/mol. The summed E-state index contributed by atoms with van der Waals surface area (Å²) in [4.78, 5) is 13.5. The molecule has 0 spiro atoms. The summed E-state index contributed by atoms with van der Waals surface area (Å²) >= 11 is 0. The first-order valence-corrected chi connectivity index (χ1v) is 5.18. The average molecular weight is 229 g/mol. The molecule has 1 aromatic carbocycles. The van der Waals surface area contributed by atoms with E-state index in [4.69, 9.17) is 5.73 Å². The molecule has 0 aliphatic rings. The summed E-state index contributed by atoms with van der Waals surface area (Å²) in [7, 11) is 3.38. The second-order valence-electron chi connectivity index (χ2n) is 3.99.